The first-order valence-electron chi connectivity index (χ1n) is 5.91. The van der Waals surface area contributed by atoms with Gasteiger partial charge in [-0.25, -0.2) is 4.79 Å². The van der Waals surface area contributed by atoms with Gasteiger partial charge in [0.25, 0.3) is 5.91 Å². The maximum Gasteiger partial charge on any atom is 0.417 e. The van der Waals surface area contributed by atoms with Crippen molar-refractivity contribution in [2.45, 2.75) is 0 Å². The minimum Gasteiger partial charge on any atom is -0.408 e. The molecule has 6 nitrogen and oxygen atoms in total. The smallest absolute Gasteiger partial charge is 0.408 e. The SMILES string of the molecule is Nc1cccc(C(=O)Nc2ccc3[nH]c(=O)oc3c2)c1. The van der Waals surface area contributed by atoms with E-state index in [0.29, 0.717) is 28.0 Å². The van der Waals surface area contributed by atoms with E-state index < -0.39 is 5.76 Å². The Morgan fingerprint density at radius 3 is 2.85 bits per heavy atom. The van der Waals surface area contributed by atoms with E-state index in [1.807, 2.05) is 0 Å². The number of oxazole rings is 1. The summed E-state index contributed by atoms with van der Waals surface area (Å²) in [6.45, 7) is 0. The van der Waals surface area contributed by atoms with Crippen LogP contribution in [-0.4, -0.2) is 10.9 Å². The van der Waals surface area contributed by atoms with E-state index in [-0.39, 0.29) is 5.91 Å². The van der Waals surface area contributed by atoms with Crippen LogP contribution in [0.25, 0.3) is 11.1 Å². The standard InChI is InChI=1S/C14H11N3O3/c15-9-3-1-2-8(6-9)13(18)16-10-4-5-11-12(7-10)20-14(19)17-11/h1-7H,15H2,(H,16,18)(H,17,19). The highest BCUT2D eigenvalue weighted by Crippen LogP contribution is 2.17. The molecule has 0 fully saturated rings. The maximum atomic E-state index is 12.0. The molecule has 4 N–H and O–H groups in total. The zero-order valence-electron chi connectivity index (χ0n) is 10.3. The summed E-state index contributed by atoms with van der Waals surface area (Å²) in [7, 11) is 0. The van der Waals surface area contributed by atoms with Gasteiger partial charge < -0.3 is 15.5 Å². The molecule has 0 aliphatic rings. The molecule has 20 heavy (non-hydrogen) atoms. The zero-order valence-corrected chi connectivity index (χ0v) is 10.3. The molecule has 0 bridgehead atoms. The van der Waals surface area contributed by atoms with E-state index in [1.165, 1.54) is 0 Å². The number of rotatable bonds is 2. The summed E-state index contributed by atoms with van der Waals surface area (Å²) in [5, 5.41) is 2.72. The van der Waals surface area contributed by atoms with Gasteiger partial charge in [-0.05, 0) is 30.3 Å². The maximum absolute atomic E-state index is 12.0. The molecule has 0 aliphatic carbocycles. The number of nitrogens with one attached hydrogen (secondary N) is 2. The number of benzene rings is 2. The van der Waals surface area contributed by atoms with Crippen LogP contribution in [0.15, 0.2) is 51.7 Å². The van der Waals surface area contributed by atoms with Crippen molar-refractivity contribution in [3.63, 3.8) is 0 Å². The Kier molecular flexibility index (Phi) is 2.76. The van der Waals surface area contributed by atoms with Crippen LogP contribution in [0.4, 0.5) is 11.4 Å². The quantitative estimate of drug-likeness (QED) is 0.619. The number of H-pyrrole nitrogens is 1. The minimum atomic E-state index is -0.528. The fourth-order valence-corrected chi connectivity index (χ4v) is 1.91. The van der Waals surface area contributed by atoms with Crippen molar-refractivity contribution >= 4 is 28.4 Å². The molecule has 0 spiro atoms. The molecule has 0 saturated heterocycles. The Hall–Kier alpha value is -3.02. The van der Waals surface area contributed by atoms with Crippen molar-refractivity contribution in [3.05, 3.63) is 58.6 Å². The zero-order chi connectivity index (χ0) is 14.1. The molecule has 0 aliphatic heterocycles. The van der Waals surface area contributed by atoms with Gasteiger partial charge in [0, 0.05) is 23.0 Å². The van der Waals surface area contributed by atoms with Gasteiger partial charge >= 0.3 is 5.76 Å². The van der Waals surface area contributed by atoms with Gasteiger partial charge in [0.05, 0.1) is 5.52 Å². The highest BCUT2D eigenvalue weighted by molar-refractivity contribution is 6.05. The van der Waals surface area contributed by atoms with Crippen LogP contribution in [-0.2, 0) is 0 Å². The van der Waals surface area contributed by atoms with Crippen LogP contribution >= 0.6 is 0 Å². The van der Waals surface area contributed by atoms with Crippen LogP contribution in [0.3, 0.4) is 0 Å². The molecule has 1 heterocycles. The Labute approximate surface area is 113 Å². The molecule has 0 unspecified atom stereocenters. The molecule has 3 aromatic rings. The first-order chi connectivity index (χ1) is 9.61. The van der Waals surface area contributed by atoms with Crippen molar-refractivity contribution in [1.82, 2.24) is 4.98 Å². The molecule has 1 aromatic heterocycles. The van der Waals surface area contributed by atoms with E-state index in [9.17, 15) is 9.59 Å². The molecular weight excluding hydrogens is 258 g/mol. The van der Waals surface area contributed by atoms with Gasteiger partial charge in [0.1, 0.15) is 0 Å². The van der Waals surface area contributed by atoms with Crippen molar-refractivity contribution in [2.75, 3.05) is 11.1 Å². The van der Waals surface area contributed by atoms with Crippen molar-refractivity contribution in [3.8, 4) is 0 Å². The molecule has 0 radical (unpaired) electrons. The summed E-state index contributed by atoms with van der Waals surface area (Å²) in [5.41, 5.74) is 8.11. The molecular formula is C14H11N3O3. The molecule has 6 heteroatoms. The van der Waals surface area contributed by atoms with Crippen molar-refractivity contribution in [1.29, 1.82) is 0 Å². The van der Waals surface area contributed by atoms with Gasteiger partial charge in [-0.1, -0.05) is 6.07 Å². The number of aromatic nitrogens is 1. The summed E-state index contributed by atoms with van der Waals surface area (Å²) in [4.78, 5) is 25.6. The predicted molar refractivity (Wildman–Crippen MR) is 75.6 cm³/mol. The average Bonchev–Trinajstić information content (AvgIpc) is 2.78. The van der Waals surface area contributed by atoms with Crippen LogP contribution < -0.4 is 16.8 Å². The fourth-order valence-electron chi connectivity index (χ4n) is 1.91. The van der Waals surface area contributed by atoms with Gasteiger partial charge in [0.15, 0.2) is 5.58 Å². The van der Waals surface area contributed by atoms with E-state index in [2.05, 4.69) is 10.3 Å². The third-order valence-electron chi connectivity index (χ3n) is 2.83. The number of hydrogen-bond acceptors (Lipinski definition) is 4. The largest absolute Gasteiger partial charge is 0.417 e. The highest BCUT2D eigenvalue weighted by Gasteiger charge is 2.08. The third-order valence-corrected chi connectivity index (χ3v) is 2.83. The lowest BCUT2D eigenvalue weighted by molar-refractivity contribution is 0.102. The Morgan fingerprint density at radius 2 is 2.05 bits per heavy atom. The molecule has 2 aromatic carbocycles. The number of aromatic amines is 1. The summed E-state index contributed by atoms with van der Waals surface area (Å²) in [5.74, 6) is -0.811. The van der Waals surface area contributed by atoms with E-state index in [4.69, 9.17) is 10.2 Å². The Morgan fingerprint density at radius 1 is 1.20 bits per heavy atom. The third kappa shape index (κ3) is 2.26. The summed E-state index contributed by atoms with van der Waals surface area (Å²) >= 11 is 0. The fraction of sp³-hybridized carbons (Fsp3) is 0. The van der Waals surface area contributed by atoms with E-state index >= 15 is 0 Å². The predicted octanol–water partition coefficient (Wildman–Crippen LogP) is 1.96. The minimum absolute atomic E-state index is 0.283. The lowest BCUT2D eigenvalue weighted by Crippen LogP contribution is -2.11. The van der Waals surface area contributed by atoms with Gasteiger partial charge in [-0.15, -0.1) is 0 Å². The number of hydrogen-bond donors (Lipinski definition) is 3. The number of amides is 1. The molecule has 1 amide bonds. The van der Waals surface area contributed by atoms with Gasteiger partial charge in [-0.2, -0.15) is 0 Å². The van der Waals surface area contributed by atoms with Crippen molar-refractivity contribution < 1.29 is 9.21 Å². The molecule has 100 valence electrons. The summed E-state index contributed by atoms with van der Waals surface area (Å²) in [6.07, 6.45) is 0. The number of nitrogen functional groups attached to an aromatic ring is 1. The van der Waals surface area contributed by atoms with Crippen LogP contribution in [0, 0.1) is 0 Å². The van der Waals surface area contributed by atoms with Crippen LogP contribution in [0.1, 0.15) is 10.4 Å². The average molecular weight is 269 g/mol. The second-order valence-corrected chi connectivity index (χ2v) is 4.31. The lowest BCUT2D eigenvalue weighted by atomic mass is 10.2. The summed E-state index contributed by atoms with van der Waals surface area (Å²) < 4.78 is 4.93. The molecule has 0 atom stereocenters. The summed E-state index contributed by atoms with van der Waals surface area (Å²) in [6, 6.07) is 11.6. The monoisotopic (exact) mass is 269 g/mol. The number of carbonyl (C=O) groups is 1. The van der Waals surface area contributed by atoms with Crippen LogP contribution in [0.2, 0.25) is 0 Å². The first kappa shape index (κ1) is 12.0. The number of nitrogens with two attached hydrogens (primary N) is 1. The van der Waals surface area contributed by atoms with Gasteiger partial charge in [0.2, 0.25) is 0 Å². The Bertz CT molecular complexity index is 848. The highest BCUT2D eigenvalue weighted by atomic mass is 16.4. The van der Waals surface area contributed by atoms with E-state index in [0.717, 1.165) is 0 Å². The van der Waals surface area contributed by atoms with E-state index in [1.54, 1.807) is 42.5 Å². The topological polar surface area (TPSA) is 101 Å². The number of carbonyl (C=O) groups excluding carboxylic acids is 1. The lowest BCUT2D eigenvalue weighted by Gasteiger charge is -2.05. The number of fused-ring (bicyclic) bond motifs is 1. The molecule has 0 saturated carbocycles. The molecule has 3 rings (SSSR count). The van der Waals surface area contributed by atoms with Crippen molar-refractivity contribution in [2.24, 2.45) is 0 Å². The normalized spacial score (nSPS) is 10.6. The number of anilines is 2. The second-order valence-electron chi connectivity index (χ2n) is 4.31. The van der Waals surface area contributed by atoms with Gasteiger partial charge in [-0.3, -0.25) is 9.78 Å². The Balaban J connectivity index is 1.88. The van der Waals surface area contributed by atoms with Crippen LogP contribution in [0.5, 0.6) is 0 Å². The first-order valence-corrected chi connectivity index (χ1v) is 5.91. The second kappa shape index (κ2) is 4.58.